The van der Waals surface area contributed by atoms with Crippen LogP contribution in [-0.2, 0) is 4.74 Å². The van der Waals surface area contributed by atoms with Gasteiger partial charge in [-0.2, -0.15) is 0 Å². The number of rotatable bonds is 4. The molecule has 1 N–H and O–H groups in total. The van der Waals surface area contributed by atoms with Crippen molar-refractivity contribution in [2.45, 2.75) is 51.7 Å². The van der Waals surface area contributed by atoms with Gasteiger partial charge in [0.25, 0.3) is 0 Å². The first kappa shape index (κ1) is 13.4. The number of aromatic nitrogens is 1. The van der Waals surface area contributed by atoms with Gasteiger partial charge in [0.1, 0.15) is 4.60 Å². The van der Waals surface area contributed by atoms with E-state index in [-0.39, 0.29) is 0 Å². The number of nitrogens with zero attached hydrogens (tertiary/aromatic N) is 1. The van der Waals surface area contributed by atoms with E-state index in [0.717, 1.165) is 23.3 Å². The normalized spacial score (nSPS) is 27.7. The monoisotopic (exact) mass is 324 g/mol. The minimum absolute atomic E-state index is 0.400. The summed E-state index contributed by atoms with van der Waals surface area (Å²) in [5.41, 5.74) is 2.71. The topological polar surface area (TPSA) is 34.1 Å². The van der Waals surface area contributed by atoms with E-state index in [2.05, 4.69) is 46.1 Å². The molecule has 2 saturated carbocycles. The summed E-state index contributed by atoms with van der Waals surface area (Å²) in [6.45, 7) is 5.00. The molecule has 1 aromatic heterocycles. The number of nitrogens with one attached hydrogen (secondary N) is 1. The molecule has 0 saturated heterocycles. The van der Waals surface area contributed by atoms with Gasteiger partial charge < -0.3 is 10.1 Å². The van der Waals surface area contributed by atoms with Crippen LogP contribution >= 0.6 is 15.9 Å². The number of pyridine rings is 1. The molecule has 2 unspecified atom stereocenters. The minimum Gasteiger partial charge on any atom is -0.380 e. The SMILES string of the molecule is CCOC1CC(Nc2cnc(Br)c(C)c2)C12CCC2. The number of hydrogen-bond acceptors (Lipinski definition) is 3. The number of ether oxygens (including phenoxy) is 1. The second-order valence-corrected chi connectivity index (χ2v) is 6.55. The summed E-state index contributed by atoms with van der Waals surface area (Å²) in [6.07, 6.45) is 7.46. The van der Waals surface area contributed by atoms with E-state index in [9.17, 15) is 0 Å². The average molecular weight is 325 g/mol. The van der Waals surface area contributed by atoms with E-state index in [1.807, 2.05) is 6.20 Å². The summed E-state index contributed by atoms with van der Waals surface area (Å²) in [4.78, 5) is 4.36. The Morgan fingerprint density at radius 3 is 2.89 bits per heavy atom. The first-order chi connectivity index (χ1) is 9.15. The highest BCUT2D eigenvalue weighted by molar-refractivity contribution is 9.10. The summed E-state index contributed by atoms with van der Waals surface area (Å²) in [7, 11) is 0. The molecule has 19 heavy (non-hydrogen) atoms. The maximum Gasteiger partial charge on any atom is 0.109 e. The smallest absolute Gasteiger partial charge is 0.109 e. The summed E-state index contributed by atoms with van der Waals surface area (Å²) in [5, 5.41) is 3.66. The van der Waals surface area contributed by atoms with Crippen LogP contribution in [0.1, 0.15) is 38.2 Å². The second-order valence-electron chi connectivity index (χ2n) is 5.80. The van der Waals surface area contributed by atoms with E-state index >= 15 is 0 Å². The fourth-order valence-corrected chi connectivity index (χ4v) is 3.70. The molecule has 0 aliphatic heterocycles. The zero-order valence-corrected chi connectivity index (χ0v) is 13.2. The van der Waals surface area contributed by atoms with E-state index in [0.29, 0.717) is 17.6 Å². The Morgan fingerprint density at radius 2 is 2.32 bits per heavy atom. The van der Waals surface area contributed by atoms with Gasteiger partial charge in [-0.25, -0.2) is 4.98 Å². The minimum atomic E-state index is 0.400. The molecule has 2 aliphatic carbocycles. The molecule has 2 atom stereocenters. The van der Waals surface area contributed by atoms with Crippen LogP contribution in [0.2, 0.25) is 0 Å². The Bertz CT molecular complexity index is 473. The molecule has 3 nitrogen and oxygen atoms in total. The third kappa shape index (κ3) is 2.19. The van der Waals surface area contributed by atoms with Crippen LogP contribution in [0.25, 0.3) is 0 Å². The van der Waals surface area contributed by atoms with Gasteiger partial charge in [-0.15, -0.1) is 0 Å². The van der Waals surface area contributed by atoms with Gasteiger partial charge in [-0.1, -0.05) is 6.42 Å². The lowest BCUT2D eigenvalue weighted by atomic mass is 9.51. The highest BCUT2D eigenvalue weighted by Crippen LogP contribution is 2.58. The Balaban J connectivity index is 1.69. The highest BCUT2D eigenvalue weighted by atomic mass is 79.9. The van der Waals surface area contributed by atoms with Crippen molar-refractivity contribution in [1.29, 1.82) is 0 Å². The van der Waals surface area contributed by atoms with Crippen LogP contribution in [0, 0.1) is 12.3 Å². The van der Waals surface area contributed by atoms with Crippen molar-refractivity contribution in [2.75, 3.05) is 11.9 Å². The standard InChI is InChI=1S/C15H21BrN2O/c1-3-19-13-8-12(15(13)5-4-6-15)18-11-7-10(2)14(16)17-9-11/h7,9,12-13,18H,3-6,8H2,1-2H3. The Kier molecular flexibility index (Phi) is 3.56. The third-order valence-corrected chi connectivity index (χ3v) is 5.62. The molecule has 4 heteroatoms. The largest absolute Gasteiger partial charge is 0.380 e. The van der Waals surface area contributed by atoms with Crippen molar-refractivity contribution in [3.63, 3.8) is 0 Å². The van der Waals surface area contributed by atoms with Gasteiger partial charge in [0.15, 0.2) is 0 Å². The lowest BCUT2D eigenvalue weighted by Crippen LogP contribution is -2.64. The molecule has 0 radical (unpaired) electrons. The van der Waals surface area contributed by atoms with Crippen LogP contribution in [-0.4, -0.2) is 23.7 Å². The number of aryl methyl sites for hydroxylation is 1. The van der Waals surface area contributed by atoms with Crippen LogP contribution in [0.5, 0.6) is 0 Å². The molecule has 1 spiro atoms. The molecule has 0 amide bonds. The van der Waals surface area contributed by atoms with Gasteiger partial charge in [0, 0.05) is 18.1 Å². The summed E-state index contributed by atoms with van der Waals surface area (Å²) in [6, 6.07) is 2.72. The van der Waals surface area contributed by atoms with E-state index in [1.165, 1.54) is 24.8 Å². The quantitative estimate of drug-likeness (QED) is 0.852. The molecule has 2 aliphatic rings. The zero-order valence-electron chi connectivity index (χ0n) is 11.6. The van der Waals surface area contributed by atoms with Crippen molar-refractivity contribution >= 4 is 21.6 Å². The highest BCUT2D eigenvalue weighted by Gasteiger charge is 2.58. The Morgan fingerprint density at radius 1 is 1.53 bits per heavy atom. The van der Waals surface area contributed by atoms with Crippen molar-refractivity contribution in [3.05, 3.63) is 22.4 Å². The van der Waals surface area contributed by atoms with Crippen molar-refractivity contribution in [3.8, 4) is 0 Å². The van der Waals surface area contributed by atoms with Crippen LogP contribution in [0.15, 0.2) is 16.9 Å². The maximum absolute atomic E-state index is 5.88. The number of halogens is 1. The first-order valence-corrected chi connectivity index (χ1v) is 7.95. The third-order valence-electron chi connectivity index (χ3n) is 4.79. The molecular weight excluding hydrogens is 304 g/mol. The molecule has 104 valence electrons. The number of hydrogen-bond donors (Lipinski definition) is 1. The van der Waals surface area contributed by atoms with E-state index in [4.69, 9.17) is 4.74 Å². The number of anilines is 1. The lowest BCUT2D eigenvalue weighted by molar-refractivity contribution is -0.157. The Hall–Kier alpha value is -0.610. The fourth-order valence-electron chi connectivity index (χ4n) is 3.48. The van der Waals surface area contributed by atoms with E-state index < -0.39 is 0 Å². The fraction of sp³-hybridized carbons (Fsp3) is 0.667. The van der Waals surface area contributed by atoms with Gasteiger partial charge >= 0.3 is 0 Å². The van der Waals surface area contributed by atoms with Crippen LogP contribution in [0.4, 0.5) is 5.69 Å². The predicted molar refractivity (Wildman–Crippen MR) is 80.4 cm³/mol. The molecule has 1 aromatic rings. The van der Waals surface area contributed by atoms with Crippen LogP contribution < -0.4 is 5.32 Å². The Labute approximate surface area is 123 Å². The zero-order chi connectivity index (χ0) is 13.5. The second kappa shape index (κ2) is 5.06. The summed E-state index contributed by atoms with van der Waals surface area (Å²) < 4.78 is 6.81. The maximum atomic E-state index is 5.88. The molecule has 2 fully saturated rings. The molecule has 1 heterocycles. The van der Waals surface area contributed by atoms with Gasteiger partial charge in [0.2, 0.25) is 0 Å². The summed E-state index contributed by atoms with van der Waals surface area (Å²) >= 11 is 3.45. The van der Waals surface area contributed by atoms with Crippen molar-refractivity contribution in [1.82, 2.24) is 4.98 Å². The molecular formula is C15H21BrN2O. The van der Waals surface area contributed by atoms with E-state index in [1.54, 1.807) is 0 Å². The van der Waals surface area contributed by atoms with Gasteiger partial charge in [-0.3, -0.25) is 0 Å². The van der Waals surface area contributed by atoms with Crippen molar-refractivity contribution in [2.24, 2.45) is 5.41 Å². The lowest BCUT2D eigenvalue weighted by Gasteiger charge is -2.61. The van der Waals surface area contributed by atoms with Crippen LogP contribution in [0.3, 0.4) is 0 Å². The summed E-state index contributed by atoms with van der Waals surface area (Å²) in [5.74, 6) is 0. The predicted octanol–water partition coefficient (Wildman–Crippen LogP) is 3.91. The molecule has 3 rings (SSSR count). The first-order valence-electron chi connectivity index (χ1n) is 7.16. The molecule has 0 aromatic carbocycles. The average Bonchev–Trinajstić information content (AvgIpc) is 2.30. The van der Waals surface area contributed by atoms with Gasteiger partial charge in [0.05, 0.1) is 18.0 Å². The molecule has 0 bridgehead atoms. The van der Waals surface area contributed by atoms with Crippen molar-refractivity contribution < 1.29 is 4.74 Å². The van der Waals surface area contributed by atoms with Gasteiger partial charge in [-0.05, 0) is 60.7 Å².